The molecule has 0 aliphatic heterocycles. The maximum Gasteiger partial charge on any atom is 0.262 e. The fourth-order valence-electron chi connectivity index (χ4n) is 3.08. The Balaban J connectivity index is 1.71. The minimum absolute atomic E-state index is 0.0824. The van der Waals surface area contributed by atoms with Gasteiger partial charge in [-0.3, -0.25) is 4.79 Å². The van der Waals surface area contributed by atoms with Crippen molar-refractivity contribution >= 4 is 17.3 Å². The second kappa shape index (κ2) is 7.91. The summed E-state index contributed by atoms with van der Waals surface area (Å²) in [5, 5.41) is 2.95. The molecule has 0 radical (unpaired) electrons. The Morgan fingerprint density at radius 3 is 2.56 bits per heavy atom. The highest BCUT2D eigenvalue weighted by molar-refractivity contribution is 5.93. The topological polar surface area (TPSA) is 56.1 Å². The summed E-state index contributed by atoms with van der Waals surface area (Å²) in [6.07, 6.45) is 5.18. The van der Waals surface area contributed by atoms with Crippen LogP contribution in [0, 0.1) is 20.8 Å². The molecule has 0 unspecified atom stereocenters. The first-order valence-corrected chi connectivity index (χ1v) is 8.73. The van der Waals surface area contributed by atoms with Crippen LogP contribution in [-0.4, -0.2) is 22.1 Å². The maximum atomic E-state index is 12.4. The quantitative estimate of drug-likeness (QED) is 0.710. The summed E-state index contributed by atoms with van der Waals surface area (Å²) in [4.78, 5) is 16.5. The van der Waals surface area contributed by atoms with Gasteiger partial charge in [0.15, 0.2) is 6.61 Å². The average molecular weight is 361 g/mol. The highest BCUT2D eigenvalue weighted by atomic mass is 16.5. The second-order valence-electron chi connectivity index (χ2n) is 6.52. The number of para-hydroxylation sites is 1. The predicted molar refractivity (Wildman–Crippen MR) is 108 cm³/mol. The van der Waals surface area contributed by atoms with E-state index < -0.39 is 0 Å². The number of aryl methyl sites for hydroxylation is 3. The van der Waals surface area contributed by atoms with Crippen LogP contribution in [0.2, 0.25) is 0 Å². The summed E-state index contributed by atoms with van der Waals surface area (Å²) in [7, 11) is 0. The molecule has 0 atom stereocenters. The molecule has 5 heteroatoms. The van der Waals surface area contributed by atoms with Crippen LogP contribution in [0.1, 0.15) is 22.3 Å². The van der Waals surface area contributed by atoms with Crippen LogP contribution >= 0.6 is 0 Å². The maximum absolute atomic E-state index is 12.4. The van der Waals surface area contributed by atoms with Gasteiger partial charge in [-0.1, -0.05) is 36.4 Å². The zero-order valence-electron chi connectivity index (χ0n) is 15.8. The van der Waals surface area contributed by atoms with Crippen molar-refractivity contribution in [3.63, 3.8) is 0 Å². The number of carbonyl (C=O) groups excluding carboxylic acids is 1. The van der Waals surface area contributed by atoms with Crippen LogP contribution in [0.3, 0.4) is 0 Å². The van der Waals surface area contributed by atoms with Crippen molar-refractivity contribution in [2.24, 2.45) is 0 Å². The van der Waals surface area contributed by atoms with Crippen LogP contribution in [0.25, 0.3) is 5.70 Å². The van der Waals surface area contributed by atoms with Crippen molar-refractivity contribution in [3.05, 3.63) is 84.0 Å². The van der Waals surface area contributed by atoms with Crippen molar-refractivity contribution in [1.82, 2.24) is 9.55 Å². The first-order valence-electron chi connectivity index (χ1n) is 8.73. The normalized spacial score (nSPS) is 10.5. The summed E-state index contributed by atoms with van der Waals surface area (Å²) in [5.74, 6) is 0.400. The molecule has 1 aromatic heterocycles. The number of carbonyl (C=O) groups is 1. The molecule has 1 N–H and O–H groups in total. The van der Waals surface area contributed by atoms with Gasteiger partial charge in [-0.2, -0.15) is 0 Å². The third-order valence-corrected chi connectivity index (χ3v) is 4.31. The monoisotopic (exact) mass is 361 g/mol. The molecule has 0 aliphatic rings. The number of hydrogen-bond acceptors (Lipinski definition) is 3. The number of aromatic nitrogens is 2. The van der Waals surface area contributed by atoms with Crippen LogP contribution in [0.5, 0.6) is 5.75 Å². The zero-order chi connectivity index (χ0) is 19.4. The van der Waals surface area contributed by atoms with Crippen molar-refractivity contribution < 1.29 is 9.53 Å². The van der Waals surface area contributed by atoms with Gasteiger partial charge in [0, 0.05) is 23.6 Å². The molecule has 0 bridgehead atoms. The van der Waals surface area contributed by atoms with Gasteiger partial charge in [0.2, 0.25) is 0 Å². The van der Waals surface area contributed by atoms with Gasteiger partial charge in [0.25, 0.3) is 5.91 Å². The van der Waals surface area contributed by atoms with Crippen LogP contribution in [0.15, 0.2) is 61.7 Å². The van der Waals surface area contributed by atoms with Gasteiger partial charge >= 0.3 is 0 Å². The minimum atomic E-state index is -0.201. The van der Waals surface area contributed by atoms with Crippen molar-refractivity contribution in [3.8, 4) is 5.75 Å². The summed E-state index contributed by atoms with van der Waals surface area (Å²) in [6.45, 7) is 10.0. The lowest BCUT2D eigenvalue weighted by Crippen LogP contribution is -2.21. The van der Waals surface area contributed by atoms with E-state index in [-0.39, 0.29) is 12.5 Å². The lowest BCUT2D eigenvalue weighted by Gasteiger charge is -2.15. The standard InChI is InChI=1S/C22H23N3O2/c1-15-11-16(2)22(17(3)12-15)24-21(26)13-27-20-8-6-5-7-19(20)18(4)25-10-9-23-14-25/h5-12,14H,4,13H2,1-3H3,(H,24,26). The fraction of sp³-hybridized carbons (Fsp3) is 0.182. The highest BCUT2D eigenvalue weighted by Gasteiger charge is 2.12. The summed E-state index contributed by atoms with van der Waals surface area (Å²) < 4.78 is 7.59. The van der Waals surface area contributed by atoms with Gasteiger partial charge in [0.1, 0.15) is 5.75 Å². The number of rotatable bonds is 6. The molecule has 1 heterocycles. The molecule has 5 nitrogen and oxygen atoms in total. The van der Waals surface area contributed by atoms with Gasteiger partial charge < -0.3 is 14.6 Å². The number of nitrogens with zero attached hydrogens (tertiary/aromatic N) is 2. The summed E-state index contributed by atoms with van der Waals surface area (Å²) >= 11 is 0. The van der Waals surface area contributed by atoms with Crippen molar-refractivity contribution in [1.29, 1.82) is 0 Å². The smallest absolute Gasteiger partial charge is 0.262 e. The third kappa shape index (κ3) is 4.26. The van der Waals surface area contributed by atoms with Crippen LogP contribution < -0.4 is 10.1 Å². The van der Waals surface area contributed by atoms with E-state index in [0.717, 1.165) is 28.1 Å². The molecule has 138 valence electrons. The Kier molecular flexibility index (Phi) is 5.41. The molecular weight excluding hydrogens is 338 g/mol. The molecule has 1 amide bonds. The van der Waals surface area contributed by atoms with Gasteiger partial charge in [-0.05, 0) is 44.0 Å². The molecule has 3 rings (SSSR count). The van der Waals surface area contributed by atoms with Crippen molar-refractivity contribution in [2.75, 3.05) is 11.9 Å². The second-order valence-corrected chi connectivity index (χ2v) is 6.52. The molecule has 2 aromatic carbocycles. The Labute approximate surface area is 159 Å². The van der Waals surface area contributed by atoms with Crippen LogP contribution in [0.4, 0.5) is 5.69 Å². The van der Waals surface area contributed by atoms with Crippen LogP contribution in [-0.2, 0) is 4.79 Å². The molecule has 3 aromatic rings. The lowest BCUT2D eigenvalue weighted by molar-refractivity contribution is -0.118. The van der Waals surface area contributed by atoms with Gasteiger partial charge in [-0.15, -0.1) is 0 Å². The minimum Gasteiger partial charge on any atom is -0.483 e. The van der Waals surface area contributed by atoms with E-state index in [4.69, 9.17) is 4.74 Å². The molecular formula is C22H23N3O2. The Morgan fingerprint density at radius 2 is 1.89 bits per heavy atom. The molecule has 27 heavy (non-hydrogen) atoms. The third-order valence-electron chi connectivity index (χ3n) is 4.31. The van der Waals surface area contributed by atoms with Gasteiger partial charge in [-0.25, -0.2) is 4.98 Å². The molecule has 0 aliphatic carbocycles. The number of amides is 1. The average Bonchev–Trinajstić information content (AvgIpc) is 3.17. The first kappa shape index (κ1) is 18.5. The molecule has 0 spiro atoms. The van der Waals surface area contributed by atoms with E-state index in [0.29, 0.717) is 5.75 Å². The number of anilines is 1. The van der Waals surface area contributed by atoms with Gasteiger partial charge in [0.05, 0.1) is 12.0 Å². The zero-order valence-corrected chi connectivity index (χ0v) is 15.8. The number of imidazole rings is 1. The molecule has 0 saturated heterocycles. The summed E-state index contributed by atoms with van der Waals surface area (Å²) in [6, 6.07) is 11.6. The van der Waals surface area contributed by atoms with E-state index >= 15 is 0 Å². The number of benzene rings is 2. The fourth-order valence-corrected chi connectivity index (χ4v) is 3.08. The molecule has 0 fully saturated rings. The number of ether oxygens (including phenoxy) is 1. The highest BCUT2D eigenvalue weighted by Crippen LogP contribution is 2.26. The first-order chi connectivity index (χ1) is 13.0. The van der Waals surface area contributed by atoms with E-state index in [1.54, 1.807) is 17.1 Å². The van der Waals surface area contributed by atoms with E-state index in [1.807, 2.05) is 63.4 Å². The SMILES string of the molecule is C=C(c1ccccc1OCC(=O)Nc1c(C)cc(C)cc1C)n1ccnc1. The van der Waals surface area contributed by atoms with E-state index in [9.17, 15) is 4.79 Å². The number of nitrogens with one attached hydrogen (secondary N) is 1. The Morgan fingerprint density at radius 1 is 1.19 bits per heavy atom. The number of hydrogen-bond donors (Lipinski definition) is 1. The molecule has 0 saturated carbocycles. The Bertz CT molecular complexity index is 952. The lowest BCUT2D eigenvalue weighted by atomic mass is 10.1. The van der Waals surface area contributed by atoms with E-state index in [1.165, 1.54) is 5.56 Å². The Hall–Kier alpha value is -3.34. The largest absolute Gasteiger partial charge is 0.483 e. The van der Waals surface area contributed by atoms with E-state index in [2.05, 4.69) is 16.9 Å². The summed E-state index contributed by atoms with van der Waals surface area (Å²) in [5.41, 5.74) is 5.63. The van der Waals surface area contributed by atoms with Crippen molar-refractivity contribution in [2.45, 2.75) is 20.8 Å². The predicted octanol–water partition coefficient (Wildman–Crippen LogP) is 4.34.